The van der Waals surface area contributed by atoms with Crippen LogP contribution in [0.1, 0.15) is 37.8 Å². The summed E-state index contributed by atoms with van der Waals surface area (Å²) in [4.78, 5) is 7.10. The number of halogens is 1. The molecule has 3 rings (SSSR count). The second-order valence-corrected chi connectivity index (χ2v) is 5.44. The first-order valence-corrected chi connectivity index (χ1v) is 7.34. The van der Waals surface area contributed by atoms with Gasteiger partial charge in [0.25, 0.3) is 0 Å². The molecule has 0 atom stereocenters. The first-order chi connectivity index (χ1) is 9.29. The molecule has 0 N–H and O–H groups in total. The molecule has 0 saturated heterocycles. The Morgan fingerprint density at radius 1 is 1.20 bits per heavy atom. The van der Waals surface area contributed by atoms with Crippen molar-refractivity contribution in [3.8, 4) is 0 Å². The van der Waals surface area contributed by atoms with E-state index in [0.717, 1.165) is 26.1 Å². The number of aliphatic imine (C=N–C) groups is 1. The Morgan fingerprint density at radius 3 is 2.80 bits per heavy atom. The van der Waals surface area contributed by atoms with Gasteiger partial charge in [-0.1, -0.05) is 29.8 Å². The molecule has 0 bridgehead atoms. The highest BCUT2D eigenvalue weighted by Crippen LogP contribution is 2.33. The van der Waals surface area contributed by atoms with Crippen LogP contribution in [0.4, 0.5) is 0 Å². The van der Waals surface area contributed by atoms with Crippen molar-refractivity contribution < 1.29 is 0 Å². The van der Waals surface area contributed by atoms with Crippen LogP contribution in [0.2, 0.25) is 0 Å². The van der Waals surface area contributed by atoms with Crippen LogP contribution in [-0.2, 0) is 6.42 Å². The fraction of sp³-hybridized carbons (Fsp3) is 0.471. The number of amidine groups is 1. The molecule has 1 aliphatic carbocycles. The van der Waals surface area contributed by atoms with Crippen molar-refractivity contribution in [3.05, 3.63) is 41.0 Å². The number of aryl methyl sites for hydroxylation is 1. The van der Waals surface area contributed by atoms with Gasteiger partial charge in [0.15, 0.2) is 0 Å². The number of fused-ring (bicyclic) bond motifs is 1. The topological polar surface area (TPSA) is 15.6 Å². The van der Waals surface area contributed by atoms with Gasteiger partial charge in [-0.25, -0.2) is 0 Å². The molecule has 1 aromatic rings. The SMILES string of the molecule is CCN1CCN=C1CC1=C(C)c2ccccc2CC1.Cl. The quantitative estimate of drug-likeness (QED) is 0.823. The Labute approximate surface area is 128 Å². The predicted molar refractivity (Wildman–Crippen MR) is 88.8 cm³/mol. The summed E-state index contributed by atoms with van der Waals surface area (Å²) in [7, 11) is 0. The van der Waals surface area contributed by atoms with Crippen molar-refractivity contribution in [1.29, 1.82) is 0 Å². The van der Waals surface area contributed by atoms with E-state index in [1.165, 1.54) is 35.4 Å². The monoisotopic (exact) mass is 290 g/mol. The Balaban J connectivity index is 0.00000147. The number of nitrogens with zero attached hydrogens (tertiary/aromatic N) is 2. The molecule has 0 amide bonds. The van der Waals surface area contributed by atoms with E-state index in [-0.39, 0.29) is 12.4 Å². The van der Waals surface area contributed by atoms with E-state index in [1.54, 1.807) is 5.57 Å². The average molecular weight is 291 g/mol. The molecule has 0 unspecified atom stereocenters. The molecule has 1 aliphatic heterocycles. The van der Waals surface area contributed by atoms with Crippen LogP contribution in [0.15, 0.2) is 34.8 Å². The van der Waals surface area contributed by atoms with E-state index >= 15 is 0 Å². The van der Waals surface area contributed by atoms with E-state index in [1.807, 2.05) is 0 Å². The summed E-state index contributed by atoms with van der Waals surface area (Å²) >= 11 is 0. The van der Waals surface area contributed by atoms with Gasteiger partial charge in [0, 0.05) is 19.5 Å². The number of rotatable bonds is 3. The fourth-order valence-corrected chi connectivity index (χ4v) is 3.22. The van der Waals surface area contributed by atoms with Crippen molar-refractivity contribution in [3.63, 3.8) is 0 Å². The standard InChI is InChI=1S/C17H22N2.ClH/c1-3-19-11-10-18-17(19)12-15-9-8-14-6-4-5-7-16(14)13(15)2;/h4-7H,3,8-12H2,1-2H3;1H. The highest BCUT2D eigenvalue weighted by Gasteiger charge is 2.20. The smallest absolute Gasteiger partial charge is 0.103 e. The summed E-state index contributed by atoms with van der Waals surface area (Å²) in [5, 5.41) is 0. The molecule has 0 fully saturated rings. The van der Waals surface area contributed by atoms with E-state index in [4.69, 9.17) is 0 Å². The van der Waals surface area contributed by atoms with Crippen molar-refractivity contribution in [2.45, 2.75) is 33.1 Å². The molecule has 1 heterocycles. The zero-order valence-corrected chi connectivity index (χ0v) is 13.2. The third kappa shape index (κ3) is 2.76. The van der Waals surface area contributed by atoms with Gasteiger partial charge < -0.3 is 4.90 Å². The highest BCUT2D eigenvalue weighted by molar-refractivity contribution is 5.88. The molecule has 0 spiro atoms. The maximum Gasteiger partial charge on any atom is 0.103 e. The van der Waals surface area contributed by atoms with E-state index in [9.17, 15) is 0 Å². The largest absolute Gasteiger partial charge is 0.359 e. The van der Waals surface area contributed by atoms with Gasteiger partial charge in [-0.2, -0.15) is 0 Å². The summed E-state index contributed by atoms with van der Waals surface area (Å²) in [6.45, 7) is 7.67. The number of allylic oxidation sites excluding steroid dienone is 1. The molecule has 1 aromatic carbocycles. The first-order valence-electron chi connectivity index (χ1n) is 7.34. The van der Waals surface area contributed by atoms with Crippen molar-refractivity contribution in [1.82, 2.24) is 4.90 Å². The van der Waals surface area contributed by atoms with Gasteiger partial charge in [0.05, 0.1) is 6.54 Å². The number of benzene rings is 1. The summed E-state index contributed by atoms with van der Waals surface area (Å²) in [6, 6.07) is 8.83. The van der Waals surface area contributed by atoms with Gasteiger partial charge in [-0.05, 0) is 43.4 Å². The lowest BCUT2D eigenvalue weighted by molar-refractivity contribution is 0.476. The molecule has 20 heavy (non-hydrogen) atoms. The van der Waals surface area contributed by atoms with Crippen LogP contribution in [0.5, 0.6) is 0 Å². The maximum absolute atomic E-state index is 4.68. The van der Waals surface area contributed by atoms with Crippen LogP contribution >= 0.6 is 12.4 Å². The average Bonchev–Trinajstić information content (AvgIpc) is 2.89. The van der Waals surface area contributed by atoms with Gasteiger partial charge in [-0.15, -0.1) is 12.4 Å². The van der Waals surface area contributed by atoms with E-state index in [2.05, 4.69) is 48.0 Å². The second kappa shape index (κ2) is 6.45. The summed E-state index contributed by atoms with van der Waals surface area (Å²) < 4.78 is 0. The van der Waals surface area contributed by atoms with Crippen LogP contribution in [-0.4, -0.2) is 30.4 Å². The summed E-state index contributed by atoms with van der Waals surface area (Å²) in [5.74, 6) is 1.30. The lowest BCUT2D eigenvalue weighted by Crippen LogP contribution is -2.28. The zero-order chi connectivity index (χ0) is 13.2. The molecule has 108 valence electrons. The molecular formula is C17H23ClN2. The fourth-order valence-electron chi connectivity index (χ4n) is 3.22. The van der Waals surface area contributed by atoms with Crippen molar-refractivity contribution in [2.75, 3.05) is 19.6 Å². The molecule has 2 aliphatic rings. The minimum absolute atomic E-state index is 0. The number of likely N-dealkylation sites (N-methyl/N-ethyl adjacent to an activating group) is 1. The maximum atomic E-state index is 4.68. The van der Waals surface area contributed by atoms with Crippen LogP contribution in [0.3, 0.4) is 0 Å². The Hall–Kier alpha value is -1.28. The summed E-state index contributed by atoms with van der Waals surface area (Å²) in [6.07, 6.45) is 3.43. The lowest BCUT2D eigenvalue weighted by Gasteiger charge is -2.24. The molecular weight excluding hydrogens is 268 g/mol. The second-order valence-electron chi connectivity index (χ2n) is 5.44. The zero-order valence-electron chi connectivity index (χ0n) is 12.4. The molecule has 3 heteroatoms. The van der Waals surface area contributed by atoms with Gasteiger partial charge in [0.2, 0.25) is 0 Å². The predicted octanol–water partition coefficient (Wildman–Crippen LogP) is 3.95. The minimum Gasteiger partial charge on any atom is -0.359 e. The van der Waals surface area contributed by atoms with Crippen LogP contribution in [0.25, 0.3) is 5.57 Å². The number of hydrogen-bond acceptors (Lipinski definition) is 2. The molecule has 0 radical (unpaired) electrons. The minimum atomic E-state index is 0. The van der Waals surface area contributed by atoms with Crippen LogP contribution in [0, 0.1) is 0 Å². The third-order valence-electron chi connectivity index (χ3n) is 4.43. The van der Waals surface area contributed by atoms with E-state index < -0.39 is 0 Å². The highest BCUT2D eigenvalue weighted by atomic mass is 35.5. The normalized spacial score (nSPS) is 17.7. The van der Waals surface area contributed by atoms with Gasteiger partial charge in [-0.3, -0.25) is 4.99 Å². The van der Waals surface area contributed by atoms with Crippen molar-refractivity contribution in [2.24, 2.45) is 4.99 Å². The van der Waals surface area contributed by atoms with Crippen LogP contribution < -0.4 is 0 Å². The first kappa shape index (κ1) is 15.1. The van der Waals surface area contributed by atoms with E-state index in [0.29, 0.717) is 0 Å². The summed E-state index contributed by atoms with van der Waals surface area (Å²) in [5.41, 5.74) is 6.01. The Bertz CT molecular complexity index is 546. The van der Waals surface area contributed by atoms with Gasteiger partial charge >= 0.3 is 0 Å². The molecule has 0 saturated carbocycles. The Kier molecular flexibility index (Phi) is 4.87. The molecule has 2 nitrogen and oxygen atoms in total. The number of hydrogen-bond donors (Lipinski definition) is 0. The molecule has 0 aromatic heterocycles. The third-order valence-corrected chi connectivity index (χ3v) is 4.43. The van der Waals surface area contributed by atoms with Gasteiger partial charge in [0.1, 0.15) is 5.84 Å². The van der Waals surface area contributed by atoms with Crippen molar-refractivity contribution >= 4 is 23.8 Å². The Morgan fingerprint density at radius 2 is 2.00 bits per heavy atom. The lowest BCUT2D eigenvalue weighted by atomic mass is 9.85.